The lowest BCUT2D eigenvalue weighted by Gasteiger charge is -2.10. The number of aryl methyl sites for hydroxylation is 1. The molecule has 2 aromatic rings. The summed E-state index contributed by atoms with van der Waals surface area (Å²) in [7, 11) is 0. The van der Waals surface area contributed by atoms with Crippen LogP contribution >= 0.6 is 0 Å². The first-order chi connectivity index (χ1) is 11.9. The third-order valence-corrected chi connectivity index (χ3v) is 4.37. The standard InChI is InChI=1S/C19H21N3O3/c1-12-5-7-14(8-6-12)11-22-9-3-4-15(19(22)25)20-17(23)18(24)21-16-10-13(16)2/h3-9,13,16H,10-11H2,1-2H3,(H,20,23)(H,21,24)/t13-,16+/m1/s1. The number of nitrogens with one attached hydrogen (secondary N) is 2. The molecule has 2 atom stereocenters. The van der Waals surface area contributed by atoms with E-state index in [1.807, 2.05) is 38.1 Å². The maximum Gasteiger partial charge on any atom is 0.313 e. The van der Waals surface area contributed by atoms with Gasteiger partial charge in [-0.25, -0.2) is 0 Å². The summed E-state index contributed by atoms with van der Waals surface area (Å²) in [5, 5.41) is 5.05. The summed E-state index contributed by atoms with van der Waals surface area (Å²) in [6, 6.07) is 11.1. The van der Waals surface area contributed by atoms with Gasteiger partial charge in [-0.05, 0) is 37.0 Å². The first-order valence-corrected chi connectivity index (χ1v) is 8.31. The molecule has 1 aromatic heterocycles. The molecule has 130 valence electrons. The Morgan fingerprint density at radius 1 is 1.16 bits per heavy atom. The third-order valence-electron chi connectivity index (χ3n) is 4.37. The molecule has 0 bridgehead atoms. The van der Waals surface area contributed by atoms with Crippen LogP contribution in [-0.4, -0.2) is 22.4 Å². The zero-order valence-electron chi connectivity index (χ0n) is 14.3. The number of hydrogen-bond donors (Lipinski definition) is 2. The van der Waals surface area contributed by atoms with Gasteiger partial charge in [-0.1, -0.05) is 36.8 Å². The minimum atomic E-state index is -0.815. The van der Waals surface area contributed by atoms with Crippen molar-refractivity contribution < 1.29 is 9.59 Å². The Bertz CT molecular complexity index is 855. The summed E-state index contributed by atoms with van der Waals surface area (Å²) in [6.45, 7) is 4.40. The predicted octanol–water partition coefficient (Wildman–Crippen LogP) is 1.67. The number of nitrogens with zero attached hydrogens (tertiary/aromatic N) is 1. The zero-order chi connectivity index (χ0) is 18.0. The zero-order valence-corrected chi connectivity index (χ0v) is 14.3. The second-order valence-corrected chi connectivity index (χ2v) is 6.59. The molecule has 0 radical (unpaired) electrons. The molecule has 25 heavy (non-hydrogen) atoms. The summed E-state index contributed by atoms with van der Waals surface area (Å²) in [4.78, 5) is 36.3. The molecular formula is C19H21N3O3. The normalized spacial score (nSPS) is 18.5. The maximum atomic E-state index is 12.5. The lowest BCUT2D eigenvalue weighted by Crippen LogP contribution is -2.38. The number of aromatic nitrogens is 1. The SMILES string of the molecule is Cc1ccc(Cn2cccc(NC(=O)C(=O)N[C@H]3C[C@H]3C)c2=O)cc1. The molecule has 0 saturated heterocycles. The highest BCUT2D eigenvalue weighted by molar-refractivity contribution is 6.39. The Hall–Kier alpha value is -2.89. The van der Waals surface area contributed by atoms with E-state index in [1.165, 1.54) is 10.6 Å². The highest BCUT2D eigenvalue weighted by Crippen LogP contribution is 2.28. The Kier molecular flexibility index (Phi) is 4.70. The van der Waals surface area contributed by atoms with Crippen LogP contribution in [-0.2, 0) is 16.1 Å². The van der Waals surface area contributed by atoms with Crippen molar-refractivity contribution in [3.63, 3.8) is 0 Å². The van der Waals surface area contributed by atoms with E-state index in [1.54, 1.807) is 12.3 Å². The Labute approximate surface area is 145 Å². The van der Waals surface area contributed by atoms with Gasteiger partial charge in [0.05, 0.1) is 6.54 Å². The van der Waals surface area contributed by atoms with Crippen LogP contribution in [0.2, 0.25) is 0 Å². The second-order valence-electron chi connectivity index (χ2n) is 6.59. The van der Waals surface area contributed by atoms with Crippen LogP contribution in [0, 0.1) is 12.8 Å². The van der Waals surface area contributed by atoms with Crippen molar-refractivity contribution in [3.05, 3.63) is 64.1 Å². The molecule has 6 heteroatoms. The average molecular weight is 339 g/mol. The van der Waals surface area contributed by atoms with E-state index in [0.29, 0.717) is 12.5 Å². The maximum absolute atomic E-state index is 12.5. The van der Waals surface area contributed by atoms with Crippen molar-refractivity contribution in [3.8, 4) is 0 Å². The Morgan fingerprint density at radius 2 is 1.84 bits per heavy atom. The number of carbonyl (C=O) groups excluding carboxylic acids is 2. The van der Waals surface area contributed by atoms with Crippen molar-refractivity contribution in [1.82, 2.24) is 9.88 Å². The lowest BCUT2D eigenvalue weighted by molar-refractivity contribution is -0.136. The van der Waals surface area contributed by atoms with Crippen LogP contribution in [0.15, 0.2) is 47.4 Å². The number of carbonyl (C=O) groups is 2. The van der Waals surface area contributed by atoms with Crippen molar-refractivity contribution in [2.45, 2.75) is 32.9 Å². The van der Waals surface area contributed by atoms with E-state index in [-0.39, 0.29) is 17.3 Å². The lowest BCUT2D eigenvalue weighted by atomic mass is 10.1. The number of rotatable bonds is 4. The van der Waals surface area contributed by atoms with Gasteiger partial charge in [0.1, 0.15) is 5.69 Å². The molecule has 1 heterocycles. The fourth-order valence-corrected chi connectivity index (χ4v) is 2.58. The van der Waals surface area contributed by atoms with Gasteiger partial charge < -0.3 is 15.2 Å². The van der Waals surface area contributed by atoms with E-state index in [9.17, 15) is 14.4 Å². The van der Waals surface area contributed by atoms with E-state index < -0.39 is 11.8 Å². The highest BCUT2D eigenvalue weighted by Gasteiger charge is 2.35. The summed E-state index contributed by atoms with van der Waals surface area (Å²) >= 11 is 0. The number of anilines is 1. The summed E-state index contributed by atoms with van der Waals surface area (Å²) in [6.07, 6.45) is 2.54. The molecule has 2 N–H and O–H groups in total. The van der Waals surface area contributed by atoms with Crippen molar-refractivity contribution >= 4 is 17.5 Å². The Balaban J connectivity index is 1.70. The van der Waals surface area contributed by atoms with Gasteiger partial charge in [-0.15, -0.1) is 0 Å². The minimum Gasteiger partial charge on any atom is -0.345 e. The minimum absolute atomic E-state index is 0.0622. The van der Waals surface area contributed by atoms with Gasteiger partial charge in [-0.3, -0.25) is 14.4 Å². The van der Waals surface area contributed by atoms with Crippen LogP contribution in [0.1, 0.15) is 24.5 Å². The van der Waals surface area contributed by atoms with Crippen LogP contribution in [0.5, 0.6) is 0 Å². The molecule has 1 aromatic carbocycles. The number of hydrogen-bond acceptors (Lipinski definition) is 3. The van der Waals surface area contributed by atoms with E-state index in [4.69, 9.17) is 0 Å². The molecule has 6 nitrogen and oxygen atoms in total. The highest BCUT2D eigenvalue weighted by atomic mass is 16.2. The van der Waals surface area contributed by atoms with Crippen LogP contribution in [0.4, 0.5) is 5.69 Å². The molecule has 1 saturated carbocycles. The van der Waals surface area contributed by atoms with Crippen LogP contribution < -0.4 is 16.2 Å². The van der Waals surface area contributed by atoms with Crippen LogP contribution in [0.3, 0.4) is 0 Å². The topological polar surface area (TPSA) is 80.2 Å². The molecule has 3 rings (SSSR count). The molecule has 0 spiro atoms. The van der Waals surface area contributed by atoms with Gasteiger partial charge >= 0.3 is 11.8 Å². The fourth-order valence-electron chi connectivity index (χ4n) is 2.58. The first-order valence-electron chi connectivity index (χ1n) is 8.31. The van der Waals surface area contributed by atoms with Gasteiger partial charge in [-0.2, -0.15) is 0 Å². The molecule has 0 unspecified atom stereocenters. The molecule has 1 fully saturated rings. The van der Waals surface area contributed by atoms with Crippen molar-refractivity contribution in [2.24, 2.45) is 5.92 Å². The average Bonchev–Trinajstić information content (AvgIpc) is 3.28. The molecule has 1 aliphatic rings. The van der Waals surface area contributed by atoms with Crippen LogP contribution in [0.25, 0.3) is 0 Å². The third kappa shape index (κ3) is 4.15. The van der Waals surface area contributed by atoms with E-state index in [0.717, 1.165) is 17.5 Å². The number of amides is 2. The molecular weight excluding hydrogens is 318 g/mol. The monoisotopic (exact) mass is 339 g/mol. The largest absolute Gasteiger partial charge is 0.345 e. The quantitative estimate of drug-likeness (QED) is 0.832. The molecule has 1 aliphatic carbocycles. The van der Waals surface area contributed by atoms with E-state index in [2.05, 4.69) is 10.6 Å². The summed E-state index contributed by atoms with van der Waals surface area (Å²) in [5.41, 5.74) is 1.88. The Morgan fingerprint density at radius 3 is 2.48 bits per heavy atom. The summed E-state index contributed by atoms with van der Waals surface area (Å²) < 4.78 is 1.50. The van der Waals surface area contributed by atoms with Gasteiger partial charge in [0.15, 0.2) is 0 Å². The van der Waals surface area contributed by atoms with Gasteiger partial charge in [0, 0.05) is 12.2 Å². The molecule has 0 aliphatic heterocycles. The van der Waals surface area contributed by atoms with E-state index >= 15 is 0 Å². The summed E-state index contributed by atoms with van der Waals surface area (Å²) in [5.74, 6) is -1.12. The molecule has 2 amide bonds. The first kappa shape index (κ1) is 17.0. The van der Waals surface area contributed by atoms with Crippen molar-refractivity contribution in [2.75, 3.05) is 5.32 Å². The fraction of sp³-hybridized carbons (Fsp3) is 0.316. The van der Waals surface area contributed by atoms with Crippen molar-refractivity contribution in [1.29, 1.82) is 0 Å². The number of benzene rings is 1. The van der Waals surface area contributed by atoms with Gasteiger partial charge in [0.25, 0.3) is 5.56 Å². The van der Waals surface area contributed by atoms with Gasteiger partial charge in [0.2, 0.25) is 0 Å². The smallest absolute Gasteiger partial charge is 0.313 e. The second kappa shape index (κ2) is 6.93. The number of pyridine rings is 1. The predicted molar refractivity (Wildman–Crippen MR) is 95.3 cm³/mol.